The molecular formula is C22H28N2O2. The van der Waals surface area contributed by atoms with E-state index in [1.807, 2.05) is 30.0 Å². The Bertz CT molecular complexity index is 772. The van der Waals surface area contributed by atoms with Crippen molar-refractivity contribution in [3.05, 3.63) is 59.2 Å². The normalized spacial score (nSPS) is 17.5. The molecule has 138 valence electrons. The SMILES string of the molecule is COc1ccc(C)cc1NC(=O)N1CCCCC[C@@H]1c1cccc(C)c1. The van der Waals surface area contributed by atoms with Gasteiger partial charge in [-0.15, -0.1) is 0 Å². The van der Waals surface area contributed by atoms with Crippen molar-refractivity contribution in [3.8, 4) is 5.75 Å². The molecule has 3 rings (SSSR count). The third-order valence-electron chi connectivity index (χ3n) is 5.04. The Morgan fingerprint density at radius 2 is 1.88 bits per heavy atom. The zero-order chi connectivity index (χ0) is 18.5. The van der Waals surface area contributed by atoms with Gasteiger partial charge < -0.3 is 15.0 Å². The van der Waals surface area contributed by atoms with Crippen molar-refractivity contribution in [1.29, 1.82) is 0 Å². The van der Waals surface area contributed by atoms with Crippen molar-refractivity contribution in [2.75, 3.05) is 19.0 Å². The lowest BCUT2D eigenvalue weighted by molar-refractivity contribution is 0.189. The first-order valence-corrected chi connectivity index (χ1v) is 9.37. The predicted octanol–water partition coefficient (Wildman–Crippen LogP) is 5.46. The van der Waals surface area contributed by atoms with Crippen LogP contribution in [0.3, 0.4) is 0 Å². The Morgan fingerprint density at radius 3 is 2.65 bits per heavy atom. The average molecular weight is 352 g/mol. The zero-order valence-electron chi connectivity index (χ0n) is 15.9. The summed E-state index contributed by atoms with van der Waals surface area (Å²) in [6, 6.07) is 14.4. The third kappa shape index (κ3) is 4.18. The van der Waals surface area contributed by atoms with Crippen LogP contribution in [0.15, 0.2) is 42.5 Å². The second kappa shape index (κ2) is 8.26. The predicted molar refractivity (Wildman–Crippen MR) is 106 cm³/mol. The number of nitrogens with one attached hydrogen (secondary N) is 1. The van der Waals surface area contributed by atoms with E-state index in [-0.39, 0.29) is 12.1 Å². The number of ether oxygens (including phenoxy) is 1. The number of hydrogen-bond donors (Lipinski definition) is 1. The van der Waals surface area contributed by atoms with Crippen LogP contribution in [0.5, 0.6) is 5.75 Å². The van der Waals surface area contributed by atoms with Gasteiger partial charge in [0.25, 0.3) is 0 Å². The molecule has 2 aromatic carbocycles. The van der Waals surface area contributed by atoms with Crippen molar-refractivity contribution in [1.82, 2.24) is 4.90 Å². The first-order chi connectivity index (χ1) is 12.6. The van der Waals surface area contributed by atoms with Gasteiger partial charge in [0, 0.05) is 6.54 Å². The maximum absolute atomic E-state index is 13.1. The fraction of sp³-hybridized carbons (Fsp3) is 0.409. The number of hydrogen-bond acceptors (Lipinski definition) is 2. The van der Waals surface area contributed by atoms with E-state index in [1.165, 1.54) is 17.5 Å². The van der Waals surface area contributed by atoms with Crippen LogP contribution in [0.25, 0.3) is 0 Å². The van der Waals surface area contributed by atoms with Gasteiger partial charge in [-0.2, -0.15) is 0 Å². The number of urea groups is 1. The van der Waals surface area contributed by atoms with Gasteiger partial charge in [-0.25, -0.2) is 4.79 Å². The maximum atomic E-state index is 13.1. The van der Waals surface area contributed by atoms with Gasteiger partial charge in [0.2, 0.25) is 0 Å². The number of anilines is 1. The highest BCUT2D eigenvalue weighted by Gasteiger charge is 2.27. The Kier molecular flexibility index (Phi) is 5.82. The van der Waals surface area contributed by atoms with Crippen LogP contribution in [0.2, 0.25) is 0 Å². The minimum atomic E-state index is -0.0534. The molecule has 0 spiro atoms. The molecule has 0 radical (unpaired) electrons. The molecule has 1 fully saturated rings. The number of carbonyl (C=O) groups excluding carboxylic acids is 1. The monoisotopic (exact) mass is 352 g/mol. The van der Waals surface area contributed by atoms with Gasteiger partial charge in [-0.3, -0.25) is 0 Å². The molecule has 1 aliphatic rings. The summed E-state index contributed by atoms with van der Waals surface area (Å²) in [6.07, 6.45) is 4.36. The van der Waals surface area contributed by atoms with E-state index in [0.717, 1.165) is 37.1 Å². The molecule has 0 aliphatic carbocycles. The molecule has 2 aromatic rings. The van der Waals surface area contributed by atoms with E-state index < -0.39 is 0 Å². The summed E-state index contributed by atoms with van der Waals surface area (Å²) in [4.78, 5) is 15.1. The van der Waals surface area contributed by atoms with Gasteiger partial charge in [-0.05, 0) is 49.9 Å². The lowest BCUT2D eigenvalue weighted by atomic mass is 9.99. The lowest BCUT2D eigenvalue weighted by Crippen LogP contribution is -2.38. The maximum Gasteiger partial charge on any atom is 0.322 e. The number of benzene rings is 2. The fourth-order valence-electron chi connectivity index (χ4n) is 3.68. The van der Waals surface area contributed by atoms with Gasteiger partial charge in [0.1, 0.15) is 5.75 Å². The Labute approximate surface area is 156 Å². The van der Waals surface area contributed by atoms with E-state index in [1.54, 1.807) is 7.11 Å². The van der Waals surface area contributed by atoms with Crippen molar-refractivity contribution in [2.45, 2.75) is 45.6 Å². The second-order valence-corrected chi connectivity index (χ2v) is 7.11. The summed E-state index contributed by atoms with van der Waals surface area (Å²) in [6.45, 7) is 4.89. The zero-order valence-corrected chi connectivity index (χ0v) is 15.9. The van der Waals surface area contributed by atoms with Gasteiger partial charge >= 0.3 is 6.03 Å². The molecular weight excluding hydrogens is 324 g/mol. The standard InChI is InChI=1S/C22H28N2O2/c1-16-8-7-9-18(14-16)20-10-5-4-6-13-24(20)22(25)23-19-15-17(2)11-12-21(19)26-3/h7-9,11-12,14-15,20H,4-6,10,13H2,1-3H3,(H,23,25)/t20-/m1/s1. The first kappa shape index (κ1) is 18.3. The number of likely N-dealkylation sites (tertiary alicyclic amines) is 1. The number of amides is 2. The summed E-state index contributed by atoms with van der Waals surface area (Å²) in [5.41, 5.74) is 4.27. The highest BCUT2D eigenvalue weighted by Crippen LogP contribution is 2.32. The van der Waals surface area contributed by atoms with E-state index in [2.05, 4.69) is 36.5 Å². The molecule has 2 amide bonds. The number of rotatable bonds is 3. The van der Waals surface area contributed by atoms with Crippen LogP contribution in [0.1, 0.15) is 48.4 Å². The Morgan fingerprint density at radius 1 is 1.08 bits per heavy atom. The second-order valence-electron chi connectivity index (χ2n) is 7.11. The molecule has 4 heteroatoms. The van der Waals surface area contributed by atoms with E-state index >= 15 is 0 Å². The van der Waals surface area contributed by atoms with Gasteiger partial charge in [0.05, 0.1) is 18.8 Å². The summed E-state index contributed by atoms with van der Waals surface area (Å²) < 4.78 is 5.41. The summed E-state index contributed by atoms with van der Waals surface area (Å²) in [5, 5.41) is 3.08. The third-order valence-corrected chi connectivity index (χ3v) is 5.04. The highest BCUT2D eigenvalue weighted by molar-refractivity contribution is 5.91. The Hall–Kier alpha value is -2.49. The molecule has 0 aromatic heterocycles. The van der Waals surface area contributed by atoms with Crippen LogP contribution in [0, 0.1) is 13.8 Å². The molecule has 4 nitrogen and oxygen atoms in total. The summed E-state index contributed by atoms with van der Waals surface area (Å²) >= 11 is 0. The van der Waals surface area contributed by atoms with Crippen LogP contribution in [0.4, 0.5) is 10.5 Å². The minimum absolute atomic E-state index is 0.0534. The van der Waals surface area contributed by atoms with E-state index in [4.69, 9.17) is 4.74 Å². The van der Waals surface area contributed by atoms with Crippen LogP contribution in [-0.2, 0) is 0 Å². The number of methoxy groups -OCH3 is 1. The van der Waals surface area contributed by atoms with Crippen molar-refractivity contribution in [3.63, 3.8) is 0 Å². The van der Waals surface area contributed by atoms with E-state index in [9.17, 15) is 4.79 Å². The molecule has 26 heavy (non-hydrogen) atoms. The molecule has 1 saturated heterocycles. The smallest absolute Gasteiger partial charge is 0.322 e. The molecule has 1 N–H and O–H groups in total. The number of carbonyl (C=O) groups is 1. The minimum Gasteiger partial charge on any atom is -0.495 e. The fourth-order valence-corrected chi connectivity index (χ4v) is 3.68. The average Bonchev–Trinajstić information content (AvgIpc) is 2.88. The van der Waals surface area contributed by atoms with Crippen molar-refractivity contribution < 1.29 is 9.53 Å². The molecule has 1 heterocycles. The molecule has 1 aliphatic heterocycles. The summed E-state index contributed by atoms with van der Waals surface area (Å²) in [5.74, 6) is 0.686. The van der Waals surface area contributed by atoms with Crippen LogP contribution < -0.4 is 10.1 Å². The molecule has 0 unspecified atom stereocenters. The first-order valence-electron chi connectivity index (χ1n) is 9.37. The largest absolute Gasteiger partial charge is 0.495 e. The number of aryl methyl sites for hydroxylation is 2. The van der Waals surface area contributed by atoms with Gasteiger partial charge in [0.15, 0.2) is 0 Å². The quantitative estimate of drug-likeness (QED) is 0.797. The molecule has 1 atom stereocenters. The lowest BCUT2D eigenvalue weighted by Gasteiger charge is -2.31. The van der Waals surface area contributed by atoms with Crippen LogP contribution in [-0.4, -0.2) is 24.6 Å². The Balaban J connectivity index is 1.86. The van der Waals surface area contributed by atoms with Crippen molar-refractivity contribution >= 4 is 11.7 Å². The van der Waals surface area contributed by atoms with Crippen molar-refractivity contribution in [2.24, 2.45) is 0 Å². The molecule has 0 bridgehead atoms. The number of nitrogens with zero attached hydrogens (tertiary/aromatic N) is 1. The van der Waals surface area contributed by atoms with Crippen LogP contribution >= 0.6 is 0 Å². The summed E-state index contributed by atoms with van der Waals surface area (Å²) in [7, 11) is 1.63. The van der Waals surface area contributed by atoms with Gasteiger partial charge in [-0.1, -0.05) is 48.7 Å². The van der Waals surface area contributed by atoms with E-state index in [0.29, 0.717) is 5.75 Å². The topological polar surface area (TPSA) is 41.6 Å². The highest BCUT2D eigenvalue weighted by atomic mass is 16.5. The molecule has 0 saturated carbocycles.